The first kappa shape index (κ1) is 71.8. The van der Waals surface area contributed by atoms with Gasteiger partial charge in [-0.2, -0.15) is 0 Å². The van der Waals surface area contributed by atoms with E-state index in [-0.39, 0.29) is 18.5 Å². The van der Waals surface area contributed by atoms with Gasteiger partial charge in [-0.3, -0.25) is 9.59 Å². The highest BCUT2D eigenvalue weighted by Crippen LogP contribution is 2.17. The monoisotopic (exact) mass is 1040 g/mol. The van der Waals surface area contributed by atoms with Gasteiger partial charge in [0.15, 0.2) is 0 Å². The highest BCUT2D eigenvalue weighted by molar-refractivity contribution is 5.76. The first-order valence-corrected chi connectivity index (χ1v) is 32.9. The molecule has 6 nitrogen and oxygen atoms in total. The van der Waals surface area contributed by atoms with Gasteiger partial charge in [0.1, 0.15) is 0 Å². The molecule has 0 rings (SSSR count). The summed E-state index contributed by atoms with van der Waals surface area (Å²) in [4.78, 5) is 24.6. The third-order valence-corrected chi connectivity index (χ3v) is 15.1. The highest BCUT2D eigenvalue weighted by atomic mass is 16.5. The van der Waals surface area contributed by atoms with E-state index in [4.69, 9.17) is 4.74 Å². The molecule has 0 aromatic carbocycles. The first-order chi connectivity index (χ1) is 36.5. The molecule has 434 valence electrons. The zero-order valence-corrected chi connectivity index (χ0v) is 49.6. The Morgan fingerprint density at radius 3 is 1.05 bits per heavy atom. The largest absolute Gasteiger partial charge is 0.466 e. The third-order valence-electron chi connectivity index (χ3n) is 15.1. The molecule has 0 aliphatic rings. The van der Waals surface area contributed by atoms with Crippen LogP contribution in [-0.2, 0) is 14.3 Å². The number of carbonyl (C=O) groups excluding carboxylic acids is 2. The van der Waals surface area contributed by atoms with Crippen LogP contribution in [0.15, 0.2) is 48.6 Å². The summed E-state index contributed by atoms with van der Waals surface area (Å²) in [6.45, 7) is 4.89. The number of hydrogen-bond acceptors (Lipinski definition) is 5. The maximum absolute atomic E-state index is 12.5. The molecular formula is C68H127NO5. The number of rotatable bonds is 61. The topological polar surface area (TPSA) is 95.9 Å². The van der Waals surface area contributed by atoms with Gasteiger partial charge >= 0.3 is 5.97 Å². The van der Waals surface area contributed by atoms with Gasteiger partial charge in [0.05, 0.1) is 25.4 Å². The Kier molecular flexibility index (Phi) is 61.5. The average molecular weight is 1040 g/mol. The van der Waals surface area contributed by atoms with Crippen LogP contribution in [-0.4, -0.2) is 47.4 Å². The SMILES string of the molecule is CCCCCC/C=C\C/C=C\CCCCCCCC(=O)OCCCCCCCCCC/C=C\CCCCCCCCCC(=O)NC(CO)C(O)/C=C/CCCCCCCCCCCCCCCCCCCCCC. The van der Waals surface area contributed by atoms with E-state index < -0.39 is 12.1 Å². The summed E-state index contributed by atoms with van der Waals surface area (Å²) < 4.78 is 5.48. The Morgan fingerprint density at radius 1 is 0.378 bits per heavy atom. The Morgan fingerprint density at radius 2 is 0.676 bits per heavy atom. The predicted octanol–water partition coefficient (Wildman–Crippen LogP) is 20.9. The molecule has 0 bridgehead atoms. The second-order valence-electron chi connectivity index (χ2n) is 22.4. The van der Waals surface area contributed by atoms with Crippen LogP contribution >= 0.6 is 0 Å². The van der Waals surface area contributed by atoms with E-state index >= 15 is 0 Å². The number of esters is 1. The van der Waals surface area contributed by atoms with Crippen LogP contribution in [0.3, 0.4) is 0 Å². The fourth-order valence-corrected chi connectivity index (χ4v) is 10.0. The number of allylic oxidation sites excluding steroid dienone is 7. The molecule has 0 fully saturated rings. The molecule has 0 saturated carbocycles. The van der Waals surface area contributed by atoms with Crippen molar-refractivity contribution < 1.29 is 24.5 Å². The van der Waals surface area contributed by atoms with Crippen molar-refractivity contribution in [2.45, 2.75) is 360 Å². The van der Waals surface area contributed by atoms with Crippen molar-refractivity contribution >= 4 is 11.9 Å². The second-order valence-corrected chi connectivity index (χ2v) is 22.4. The average Bonchev–Trinajstić information content (AvgIpc) is 3.40. The standard InChI is InChI=1S/C68H127NO5/c1-3-5-7-9-11-13-15-17-19-21-22-23-24-26-29-32-36-40-44-48-52-56-60-66(71)65(64-70)69-67(72)61-57-53-49-45-41-37-33-30-27-25-28-31-35-39-43-47-51-55-59-63-74-68(73)62-58-54-50-46-42-38-34-20-18-16-14-12-10-8-6-4-2/h14,16,20,25,27,34,56,60,65-66,70-71H,3-13,15,17-19,21-24,26,28-33,35-55,57-59,61-64H2,1-2H3,(H,69,72)/b16-14-,27-25-,34-20-,60-56+. The number of unbranched alkanes of at least 4 members (excludes halogenated alkanes) is 44. The summed E-state index contributed by atoms with van der Waals surface area (Å²) in [5.74, 6) is -0.0857. The fraction of sp³-hybridized carbons (Fsp3) is 0.853. The molecule has 2 unspecified atom stereocenters. The van der Waals surface area contributed by atoms with Crippen LogP contribution in [0.1, 0.15) is 348 Å². The van der Waals surface area contributed by atoms with Gasteiger partial charge in [-0.25, -0.2) is 0 Å². The van der Waals surface area contributed by atoms with Crippen molar-refractivity contribution in [3.8, 4) is 0 Å². The molecule has 0 spiro atoms. The molecule has 1 amide bonds. The molecule has 0 aromatic rings. The van der Waals surface area contributed by atoms with Crippen LogP contribution < -0.4 is 5.32 Å². The fourth-order valence-electron chi connectivity index (χ4n) is 10.0. The van der Waals surface area contributed by atoms with E-state index in [2.05, 4.69) is 55.6 Å². The summed E-state index contributed by atoms with van der Waals surface area (Å²) in [5.41, 5.74) is 0. The first-order valence-electron chi connectivity index (χ1n) is 32.9. The molecule has 0 aromatic heterocycles. The maximum Gasteiger partial charge on any atom is 0.305 e. The van der Waals surface area contributed by atoms with Gasteiger partial charge in [-0.15, -0.1) is 0 Å². The number of amides is 1. The number of carbonyl (C=O) groups is 2. The minimum atomic E-state index is -0.853. The summed E-state index contributed by atoms with van der Waals surface area (Å²) in [5, 5.41) is 23.2. The van der Waals surface area contributed by atoms with Crippen LogP contribution in [0, 0.1) is 0 Å². The molecule has 0 aliphatic heterocycles. The van der Waals surface area contributed by atoms with Crippen LogP contribution in [0.25, 0.3) is 0 Å². The van der Waals surface area contributed by atoms with Crippen molar-refractivity contribution in [3.05, 3.63) is 48.6 Å². The predicted molar refractivity (Wildman–Crippen MR) is 324 cm³/mol. The number of aliphatic hydroxyl groups excluding tert-OH is 2. The van der Waals surface area contributed by atoms with E-state index in [0.29, 0.717) is 19.4 Å². The number of hydrogen-bond donors (Lipinski definition) is 3. The van der Waals surface area contributed by atoms with Gasteiger partial charge in [-0.1, -0.05) is 294 Å². The Hall–Kier alpha value is -2.18. The van der Waals surface area contributed by atoms with E-state index in [9.17, 15) is 19.8 Å². The minimum Gasteiger partial charge on any atom is -0.466 e. The van der Waals surface area contributed by atoms with Gasteiger partial charge < -0.3 is 20.3 Å². The smallest absolute Gasteiger partial charge is 0.305 e. The molecule has 2 atom stereocenters. The number of nitrogens with one attached hydrogen (secondary N) is 1. The molecule has 0 aliphatic carbocycles. The Bertz CT molecular complexity index is 1240. The number of ether oxygens (including phenoxy) is 1. The molecule has 3 N–H and O–H groups in total. The van der Waals surface area contributed by atoms with Crippen LogP contribution in [0.2, 0.25) is 0 Å². The molecule has 0 heterocycles. The summed E-state index contributed by atoms with van der Waals surface area (Å²) in [6.07, 6.45) is 81.6. The molecular weight excluding hydrogens is 911 g/mol. The minimum absolute atomic E-state index is 0.0102. The van der Waals surface area contributed by atoms with Crippen LogP contribution in [0.4, 0.5) is 0 Å². The van der Waals surface area contributed by atoms with Crippen molar-refractivity contribution in [2.75, 3.05) is 13.2 Å². The van der Waals surface area contributed by atoms with Gasteiger partial charge in [0.25, 0.3) is 0 Å². The summed E-state index contributed by atoms with van der Waals surface area (Å²) in [7, 11) is 0. The lowest BCUT2D eigenvalue weighted by molar-refractivity contribution is -0.143. The molecule has 6 heteroatoms. The molecule has 0 saturated heterocycles. The second kappa shape index (κ2) is 63.4. The third kappa shape index (κ3) is 59.1. The van der Waals surface area contributed by atoms with Gasteiger partial charge in [0.2, 0.25) is 5.91 Å². The Balaban J connectivity index is 3.48. The highest BCUT2D eigenvalue weighted by Gasteiger charge is 2.18. The van der Waals surface area contributed by atoms with E-state index in [0.717, 1.165) is 64.2 Å². The van der Waals surface area contributed by atoms with Gasteiger partial charge in [-0.05, 0) is 89.9 Å². The summed E-state index contributed by atoms with van der Waals surface area (Å²) in [6, 6.07) is -0.637. The lowest BCUT2D eigenvalue weighted by Crippen LogP contribution is -2.45. The number of aliphatic hydroxyl groups is 2. The molecule has 74 heavy (non-hydrogen) atoms. The van der Waals surface area contributed by atoms with Crippen molar-refractivity contribution in [2.24, 2.45) is 0 Å². The molecule has 0 radical (unpaired) electrons. The zero-order valence-electron chi connectivity index (χ0n) is 49.6. The normalized spacial score (nSPS) is 12.9. The van der Waals surface area contributed by atoms with Crippen LogP contribution in [0.5, 0.6) is 0 Å². The quantitative estimate of drug-likeness (QED) is 0.0320. The van der Waals surface area contributed by atoms with Gasteiger partial charge in [0, 0.05) is 12.8 Å². The van der Waals surface area contributed by atoms with Crippen molar-refractivity contribution in [1.82, 2.24) is 5.32 Å². The van der Waals surface area contributed by atoms with E-state index in [1.165, 1.54) is 257 Å². The lowest BCUT2D eigenvalue weighted by Gasteiger charge is -2.20. The van der Waals surface area contributed by atoms with E-state index in [1.54, 1.807) is 6.08 Å². The maximum atomic E-state index is 12.5. The van der Waals surface area contributed by atoms with Crippen molar-refractivity contribution in [1.29, 1.82) is 0 Å². The lowest BCUT2D eigenvalue weighted by atomic mass is 10.0. The Labute approximate surface area is 461 Å². The van der Waals surface area contributed by atoms with E-state index in [1.807, 2.05) is 6.08 Å². The zero-order chi connectivity index (χ0) is 53.6. The van der Waals surface area contributed by atoms with Crippen molar-refractivity contribution in [3.63, 3.8) is 0 Å². The summed E-state index contributed by atoms with van der Waals surface area (Å²) >= 11 is 0.